The van der Waals surface area contributed by atoms with Crippen molar-refractivity contribution in [3.05, 3.63) is 98.9 Å². The third-order valence-corrected chi connectivity index (χ3v) is 8.87. The predicted molar refractivity (Wildman–Crippen MR) is 175 cm³/mol. The fraction of sp³-hybridized carbons (Fsp3) is 0.389. The molecule has 0 amide bonds. The van der Waals surface area contributed by atoms with Gasteiger partial charge in [-0.1, -0.05) is 37.6 Å². The third kappa shape index (κ3) is 7.28. The second-order valence-electron chi connectivity index (χ2n) is 11.5. The van der Waals surface area contributed by atoms with Crippen molar-refractivity contribution in [2.75, 3.05) is 6.61 Å². The average Bonchev–Trinajstić information content (AvgIpc) is 3.01. The van der Waals surface area contributed by atoms with Crippen LogP contribution in [0.2, 0.25) is 0 Å². The molecule has 0 saturated carbocycles. The number of benzene rings is 2. The highest BCUT2D eigenvalue weighted by Crippen LogP contribution is 2.48. The summed E-state index contributed by atoms with van der Waals surface area (Å²) in [7, 11) is 0. The fourth-order valence-corrected chi connectivity index (χ4v) is 6.86. The first-order valence-electron chi connectivity index (χ1n) is 15.4. The van der Waals surface area contributed by atoms with E-state index in [1.807, 2.05) is 50.2 Å². The molecule has 3 aromatic rings. The van der Waals surface area contributed by atoms with Crippen molar-refractivity contribution in [3.8, 4) is 17.6 Å². The van der Waals surface area contributed by atoms with Crippen LogP contribution >= 0.6 is 15.9 Å². The van der Waals surface area contributed by atoms with Crippen molar-refractivity contribution in [2.24, 2.45) is 16.8 Å². The number of Topliss-reactive ketones (excluding diaryl/α,β-unsaturated/α-hetero) is 1. The Bertz CT molecular complexity index is 1590. The molecule has 0 bridgehead atoms. The number of aliphatic imine (C=N–C) groups is 1. The number of nitrogens with one attached hydrogen (secondary N) is 1. The third-order valence-electron chi connectivity index (χ3n) is 8.28. The molecule has 1 aliphatic carbocycles. The summed E-state index contributed by atoms with van der Waals surface area (Å²) in [5.41, 5.74) is 6.54. The Kier molecular flexibility index (Phi) is 10.6. The average molecular weight is 656 g/mol. The molecule has 2 aliphatic rings. The molecule has 7 nitrogen and oxygen atoms in total. The van der Waals surface area contributed by atoms with Gasteiger partial charge in [0, 0.05) is 54.8 Å². The van der Waals surface area contributed by atoms with Crippen molar-refractivity contribution < 1.29 is 14.3 Å². The van der Waals surface area contributed by atoms with E-state index in [0.717, 1.165) is 59.4 Å². The van der Waals surface area contributed by atoms with Crippen LogP contribution < -0.4 is 14.8 Å². The van der Waals surface area contributed by atoms with Gasteiger partial charge in [-0.15, -0.1) is 0 Å². The molecule has 44 heavy (non-hydrogen) atoms. The number of pyridine rings is 1. The van der Waals surface area contributed by atoms with E-state index in [-0.39, 0.29) is 5.78 Å². The number of hydrogen-bond donors (Lipinski definition) is 1. The van der Waals surface area contributed by atoms with Crippen LogP contribution in [0.4, 0.5) is 0 Å². The van der Waals surface area contributed by atoms with Gasteiger partial charge in [0.1, 0.15) is 6.61 Å². The highest BCUT2D eigenvalue weighted by molar-refractivity contribution is 9.10. The molecule has 5 rings (SSSR count). The highest BCUT2D eigenvalue weighted by atomic mass is 79.9. The van der Waals surface area contributed by atoms with E-state index in [1.54, 1.807) is 12.4 Å². The Morgan fingerprint density at radius 3 is 2.55 bits per heavy atom. The van der Waals surface area contributed by atoms with Crippen LogP contribution in [0, 0.1) is 23.2 Å². The van der Waals surface area contributed by atoms with Gasteiger partial charge in [-0.05, 0) is 95.1 Å². The summed E-state index contributed by atoms with van der Waals surface area (Å²) >= 11 is 3.74. The van der Waals surface area contributed by atoms with Gasteiger partial charge in [0.15, 0.2) is 17.3 Å². The minimum Gasteiger partial charge on any atom is -0.490 e. The van der Waals surface area contributed by atoms with Crippen LogP contribution in [0.25, 0.3) is 0 Å². The molecule has 3 unspecified atom stereocenters. The largest absolute Gasteiger partial charge is 0.490 e. The zero-order valence-electron chi connectivity index (χ0n) is 25.6. The van der Waals surface area contributed by atoms with Crippen LogP contribution in [-0.2, 0) is 24.5 Å². The molecule has 228 valence electrons. The Morgan fingerprint density at radius 1 is 1.02 bits per heavy atom. The number of nitrogens with zero attached hydrogens (tertiary/aromatic N) is 3. The summed E-state index contributed by atoms with van der Waals surface area (Å²) in [4.78, 5) is 22.4. The van der Waals surface area contributed by atoms with Gasteiger partial charge in [0.2, 0.25) is 0 Å². The topological polar surface area (TPSA) is 96.6 Å². The lowest BCUT2D eigenvalue weighted by Crippen LogP contribution is -2.32. The molecule has 3 atom stereocenters. The van der Waals surface area contributed by atoms with Gasteiger partial charge in [-0.3, -0.25) is 14.8 Å². The number of allylic oxidation sites excluding steroid dienone is 2. The summed E-state index contributed by atoms with van der Waals surface area (Å²) in [5.74, 6) is 0.666. The minimum absolute atomic E-state index is 0.107. The molecule has 0 spiro atoms. The van der Waals surface area contributed by atoms with E-state index in [2.05, 4.69) is 51.4 Å². The Balaban J connectivity index is 1.37. The Hall–Kier alpha value is -3.80. The predicted octanol–water partition coefficient (Wildman–Crippen LogP) is 7.84. The zero-order chi connectivity index (χ0) is 31.1. The van der Waals surface area contributed by atoms with Crippen LogP contribution in [0.3, 0.4) is 0 Å². The maximum atomic E-state index is 13.5. The zero-order valence-corrected chi connectivity index (χ0v) is 27.2. The number of nitriles is 1. The number of aromatic nitrogens is 1. The van der Waals surface area contributed by atoms with E-state index in [4.69, 9.17) is 14.5 Å². The van der Waals surface area contributed by atoms with Gasteiger partial charge >= 0.3 is 0 Å². The van der Waals surface area contributed by atoms with E-state index in [1.165, 1.54) is 11.1 Å². The number of halogens is 1. The molecule has 0 saturated heterocycles. The van der Waals surface area contributed by atoms with Crippen molar-refractivity contribution in [2.45, 2.75) is 72.1 Å². The van der Waals surface area contributed by atoms with Crippen LogP contribution in [-0.4, -0.2) is 23.1 Å². The highest BCUT2D eigenvalue weighted by Gasteiger charge is 2.41. The summed E-state index contributed by atoms with van der Waals surface area (Å²) in [6, 6.07) is 18.7. The molecule has 1 aliphatic heterocycles. The minimum atomic E-state index is -0.525. The molecular formula is C36H39BrN4O3. The molecule has 0 fully saturated rings. The lowest BCUT2D eigenvalue weighted by molar-refractivity contribution is -0.117. The second-order valence-corrected chi connectivity index (χ2v) is 12.4. The summed E-state index contributed by atoms with van der Waals surface area (Å²) in [6.45, 7) is 8.29. The maximum absolute atomic E-state index is 13.5. The molecule has 8 heteroatoms. The van der Waals surface area contributed by atoms with E-state index in [0.29, 0.717) is 42.6 Å². The quantitative estimate of drug-likeness (QED) is 0.214. The molecule has 2 aromatic carbocycles. The monoisotopic (exact) mass is 654 g/mol. The normalized spacial score (nSPS) is 19.7. The van der Waals surface area contributed by atoms with Crippen molar-refractivity contribution in [1.29, 1.82) is 5.26 Å². The smallest absolute Gasteiger partial charge is 0.175 e. The molecular weight excluding hydrogens is 616 g/mol. The lowest BCUT2D eigenvalue weighted by Gasteiger charge is -2.35. The van der Waals surface area contributed by atoms with Gasteiger partial charge in [-0.25, -0.2) is 0 Å². The van der Waals surface area contributed by atoms with Crippen molar-refractivity contribution >= 4 is 27.4 Å². The van der Waals surface area contributed by atoms with E-state index >= 15 is 0 Å². The van der Waals surface area contributed by atoms with Crippen LogP contribution in [0.15, 0.2) is 81.7 Å². The summed E-state index contributed by atoms with van der Waals surface area (Å²) in [6.07, 6.45) is 6.92. The van der Waals surface area contributed by atoms with Crippen LogP contribution in [0.1, 0.15) is 74.6 Å². The molecule has 2 heterocycles. The number of hydrogen-bond acceptors (Lipinski definition) is 7. The Morgan fingerprint density at radius 2 is 1.80 bits per heavy atom. The second kappa shape index (κ2) is 14.8. The first-order chi connectivity index (χ1) is 21.4. The SMILES string of the molecule is CCCC1CC(=O)C2=C(C1)N=C(C)C(C#N)C2c1cc(Br)c(OCc2cccc(CNCc3ccncc3)c2)c(OCC)c1. The first-order valence-corrected chi connectivity index (χ1v) is 16.2. The van der Waals surface area contributed by atoms with Gasteiger partial charge in [-0.2, -0.15) is 5.26 Å². The van der Waals surface area contributed by atoms with E-state index in [9.17, 15) is 10.1 Å². The molecule has 1 aromatic heterocycles. The fourth-order valence-electron chi connectivity index (χ4n) is 6.28. The van der Waals surface area contributed by atoms with Gasteiger partial charge in [0.05, 0.1) is 23.1 Å². The molecule has 0 radical (unpaired) electrons. The number of rotatable bonds is 12. The van der Waals surface area contributed by atoms with E-state index < -0.39 is 11.8 Å². The van der Waals surface area contributed by atoms with Gasteiger partial charge in [0.25, 0.3) is 0 Å². The van der Waals surface area contributed by atoms with Gasteiger partial charge < -0.3 is 14.8 Å². The lowest BCUT2D eigenvalue weighted by atomic mass is 9.70. The summed E-state index contributed by atoms with van der Waals surface area (Å²) < 4.78 is 13.2. The molecule has 1 N–H and O–H groups in total. The number of carbonyl (C=O) groups excluding carboxylic acids is 1. The maximum Gasteiger partial charge on any atom is 0.175 e. The summed E-state index contributed by atoms with van der Waals surface area (Å²) in [5, 5.41) is 13.7. The van der Waals surface area contributed by atoms with Crippen LogP contribution in [0.5, 0.6) is 11.5 Å². The van der Waals surface area contributed by atoms with Crippen molar-refractivity contribution in [3.63, 3.8) is 0 Å². The number of ketones is 1. The first kappa shape index (κ1) is 31.6. The Labute approximate surface area is 268 Å². The number of carbonyl (C=O) groups is 1. The van der Waals surface area contributed by atoms with Crippen molar-refractivity contribution in [1.82, 2.24) is 10.3 Å². The number of ether oxygens (including phenoxy) is 2. The standard InChI is InChI=1S/C36H39BrN4O3/c1-4-7-25-15-31-35(32(42)16-25)34(29(19-38)23(3)41-31)28-17-30(37)36(33(18-28)43-5-2)44-22-27-9-6-8-26(14-27)21-40-20-24-10-12-39-13-11-24/h6,8-14,17-18,25,29,34,40H,4-5,7,15-16,20-22H2,1-3H3.